The van der Waals surface area contributed by atoms with E-state index < -0.39 is 0 Å². The molecule has 0 aliphatic carbocycles. The van der Waals surface area contributed by atoms with Gasteiger partial charge in [-0.2, -0.15) is 0 Å². The van der Waals surface area contributed by atoms with E-state index in [4.69, 9.17) is 9.47 Å². The SMILES string of the molecule is COCCc1nc(-c2ccc3c(c2)N(CC(=O)N2CCCc4ccccc42)C(=O)CO3)cs1. The van der Waals surface area contributed by atoms with Gasteiger partial charge in [0.25, 0.3) is 5.91 Å². The van der Waals surface area contributed by atoms with E-state index in [0.29, 0.717) is 24.6 Å². The predicted molar refractivity (Wildman–Crippen MR) is 128 cm³/mol. The molecule has 2 aliphatic rings. The van der Waals surface area contributed by atoms with Gasteiger partial charge in [0, 0.05) is 36.7 Å². The molecule has 7 nitrogen and oxygen atoms in total. The first-order chi connectivity index (χ1) is 16.1. The number of ether oxygens (including phenoxy) is 2. The fourth-order valence-corrected chi connectivity index (χ4v) is 5.08. The number of amides is 2. The van der Waals surface area contributed by atoms with Crippen LogP contribution in [0.5, 0.6) is 5.75 Å². The molecule has 170 valence electrons. The van der Waals surface area contributed by atoms with Gasteiger partial charge < -0.3 is 14.4 Å². The number of carbonyl (C=O) groups excluding carboxylic acids is 2. The van der Waals surface area contributed by atoms with Gasteiger partial charge in [0.1, 0.15) is 12.3 Å². The average Bonchev–Trinajstić information content (AvgIpc) is 3.33. The van der Waals surface area contributed by atoms with E-state index in [9.17, 15) is 9.59 Å². The van der Waals surface area contributed by atoms with Gasteiger partial charge in [-0.25, -0.2) is 4.98 Å². The maximum absolute atomic E-state index is 13.3. The summed E-state index contributed by atoms with van der Waals surface area (Å²) < 4.78 is 10.8. The molecule has 0 atom stereocenters. The number of benzene rings is 2. The highest BCUT2D eigenvalue weighted by molar-refractivity contribution is 7.09. The fraction of sp³-hybridized carbons (Fsp3) is 0.320. The molecular formula is C25H25N3O4S. The van der Waals surface area contributed by atoms with Crippen LogP contribution in [0, 0.1) is 0 Å². The van der Waals surface area contributed by atoms with Gasteiger partial charge in [0.2, 0.25) is 5.91 Å². The molecule has 5 rings (SSSR count). The smallest absolute Gasteiger partial charge is 0.265 e. The van der Waals surface area contributed by atoms with Crippen molar-refractivity contribution in [3.05, 3.63) is 58.4 Å². The molecule has 3 aromatic rings. The van der Waals surface area contributed by atoms with E-state index in [1.54, 1.807) is 28.2 Å². The van der Waals surface area contributed by atoms with Crippen LogP contribution < -0.4 is 14.5 Å². The van der Waals surface area contributed by atoms with Gasteiger partial charge >= 0.3 is 0 Å². The second-order valence-corrected chi connectivity index (χ2v) is 9.04. The third-order valence-electron chi connectivity index (χ3n) is 5.97. The number of aryl methyl sites for hydroxylation is 1. The summed E-state index contributed by atoms with van der Waals surface area (Å²) in [6.45, 7) is 1.18. The summed E-state index contributed by atoms with van der Waals surface area (Å²) in [5.74, 6) is 0.279. The second kappa shape index (κ2) is 9.33. The van der Waals surface area contributed by atoms with Gasteiger partial charge in [-0.3, -0.25) is 14.5 Å². The van der Waals surface area contributed by atoms with Crippen molar-refractivity contribution < 1.29 is 19.1 Å². The molecule has 0 unspecified atom stereocenters. The maximum Gasteiger partial charge on any atom is 0.265 e. The van der Waals surface area contributed by atoms with Crippen molar-refractivity contribution in [2.24, 2.45) is 0 Å². The number of para-hydroxylation sites is 1. The summed E-state index contributed by atoms with van der Waals surface area (Å²) >= 11 is 1.58. The molecular weight excluding hydrogens is 438 g/mol. The summed E-state index contributed by atoms with van der Waals surface area (Å²) in [4.78, 5) is 34.1. The van der Waals surface area contributed by atoms with E-state index in [2.05, 4.69) is 11.1 Å². The molecule has 0 saturated heterocycles. The highest BCUT2D eigenvalue weighted by atomic mass is 32.1. The van der Waals surface area contributed by atoms with E-state index in [0.717, 1.165) is 41.2 Å². The minimum atomic E-state index is -0.225. The topological polar surface area (TPSA) is 72.0 Å². The zero-order chi connectivity index (χ0) is 22.8. The zero-order valence-electron chi connectivity index (χ0n) is 18.5. The molecule has 2 aliphatic heterocycles. The monoisotopic (exact) mass is 463 g/mol. The van der Waals surface area contributed by atoms with Crippen molar-refractivity contribution >= 4 is 34.5 Å². The van der Waals surface area contributed by atoms with Gasteiger partial charge in [0.15, 0.2) is 6.61 Å². The van der Waals surface area contributed by atoms with Crippen molar-refractivity contribution in [3.8, 4) is 17.0 Å². The third-order valence-corrected chi connectivity index (χ3v) is 6.88. The van der Waals surface area contributed by atoms with Crippen molar-refractivity contribution in [3.63, 3.8) is 0 Å². The summed E-state index contributed by atoms with van der Waals surface area (Å²) in [7, 11) is 1.67. The predicted octanol–water partition coefficient (Wildman–Crippen LogP) is 3.70. The average molecular weight is 464 g/mol. The summed E-state index contributed by atoms with van der Waals surface area (Å²) in [5, 5.41) is 2.99. The van der Waals surface area contributed by atoms with Crippen molar-refractivity contribution in [1.29, 1.82) is 0 Å². The Balaban J connectivity index is 1.41. The lowest BCUT2D eigenvalue weighted by atomic mass is 10.0. The normalized spacial score (nSPS) is 15.1. The molecule has 0 saturated carbocycles. The Morgan fingerprint density at radius 1 is 1.21 bits per heavy atom. The van der Waals surface area contributed by atoms with Crippen LogP contribution in [0.4, 0.5) is 11.4 Å². The number of hydrogen-bond donors (Lipinski definition) is 0. The zero-order valence-corrected chi connectivity index (χ0v) is 19.3. The summed E-state index contributed by atoms with van der Waals surface area (Å²) in [6, 6.07) is 13.6. The second-order valence-electron chi connectivity index (χ2n) is 8.10. The molecule has 8 heteroatoms. The number of rotatable bonds is 6. The third kappa shape index (κ3) is 4.36. The Labute approximate surface area is 196 Å². The minimum Gasteiger partial charge on any atom is -0.482 e. The van der Waals surface area contributed by atoms with Gasteiger partial charge in [-0.05, 0) is 42.7 Å². The van der Waals surface area contributed by atoms with E-state index >= 15 is 0 Å². The Kier molecular flexibility index (Phi) is 6.11. The Morgan fingerprint density at radius 2 is 2.09 bits per heavy atom. The lowest BCUT2D eigenvalue weighted by Gasteiger charge is -2.33. The number of methoxy groups -OCH3 is 1. The highest BCUT2D eigenvalue weighted by Gasteiger charge is 2.31. The number of anilines is 2. The van der Waals surface area contributed by atoms with Crippen LogP contribution in [0.1, 0.15) is 17.0 Å². The molecule has 33 heavy (non-hydrogen) atoms. The quantitative estimate of drug-likeness (QED) is 0.557. The molecule has 3 heterocycles. The first kappa shape index (κ1) is 21.6. The van der Waals surface area contributed by atoms with Crippen LogP contribution in [0.25, 0.3) is 11.3 Å². The Bertz CT molecular complexity index is 1190. The standard InChI is InChI=1S/C25H25N3O4S/c1-31-12-10-23-26-19(16-33-23)18-8-9-22-21(13-18)28(25(30)15-32-22)14-24(29)27-11-4-6-17-5-2-3-7-20(17)27/h2-3,5,7-9,13,16H,4,6,10-12,14-15H2,1H3. The number of fused-ring (bicyclic) bond motifs is 2. The summed E-state index contributed by atoms with van der Waals surface area (Å²) in [5.41, 5.74) is 4.43. The van der Waals surface area contributed by atoms with Crippen LogP contribution in [-0.2, 0) is 27.2 Å². The fourth-order valence-electron chi connectivity index (χ4n) is 4.30. The molecule has 0 radical (unpaired) electrons. The number of aromatic nitrogens is 1. The minimum absolute atomic E-state index is 0.0247. The van der Waals surface area contributed by atoms with Gasteiger partial charge in [-0.1, -0.05) is 18.2 Å². The maximum atomic E-state index is 13.3. The Morgan fingerprint density at radius 3 is 2.97 bits per heavy atom. The Hall–Kier alpha value is -3.23. The molecule has 0 bridgehead atoms. The first-order valence-electron chi connectivity index (χ1n) is 11.0. The number of carbonyl (C=O) groups is 2. The van der Waals surface area contributed by atoms with Crippen molar-refractivity contribution in [2.45, 2.75) is 19.3 Å². The molecule has 1 aromatic heterocycles. The molecule has 0 spiro atoms. The van der Waals surface area contributed by atoms with E-state index in [1.807, 2.05) is 41.8 Å². The lowest BCUT2D eigenvalue weighted by Crippen LogP contribution is -2.47. The van der Waals surface area contributed by atoms with E-state index in [1.165, 1.54) is 5.56 Å². The van der Waals surface area contributed by atoms with Crippen LogP contribution in [0.3, 0.4) is 0 Å². The van der Waals surface area contributed by atoms with Crippen LogP contribution >= 0.6 is 11.3 Å². The van der Waals surface area contributed by atoms with Crippen molar-refractivity contribution in [2.75, 3.05) is 43.2 Å². The lowest BCUT2D eigenvalue weighted by molar-refractivity contribution is -0.124. The molecule has 2 aromatic carbocycles. The first-order valence-corrected chi connectivity index (χ1v) is 11.9. The molecule has 0 N–H and O–H groups in total. The van der Waals surface area contributed by atoms with Crippen LogP contribution in [0.15, 0.2) is 47.8 Å². The largest absolute Gasteiger partial charge is 0.482 e. The van der Waals surface area contributed by atoms with Crippen LogP contribution in [0.2, 0.25) is 0 Å². The van der Waals surface area contributed by atoms with Crippen molar-refractivity contribution in [1.82, 2.24) is 4.98 Å². The van der Waals surface area contributed by atoms with Crippen LogP contribution in [-0.4, -0.2) is 50.2 Å². The van der Waals surface area contributed by atoms with E-state index in [-0.39, 0.29) is 25.0 Å². The molecule has 2 amide bonds. The number of thiazole rings is 1. The molecule has 0 fully saturated rings. The highest BCUT2D eigenvalue weighted by Crippen LogP contribution is 2.37. The number of hydrogen-bond acceptors (Lipinski definition) is 6. The van der Waals surface area contributed by atoms with Gasteiger partial charge in [0.05, 0.1) is 23.0 Å². The summed E-state index contributed by atoms with van der Waals surface area (Å²) in [6.07, 6.45) is 2.63. The van der Waals surface area contributed by atoms with Gasteiger partial charge in [-0.15, -0.1) is 11.3 Å². The number of nitrogens with zero attached hydrogens (tertiary/aromatic N) is 3.